The zero-order valence-corrected chi connectivity index (χ0v) is 14.7. The van der Waals surface area contributed by atoms with Crippen LogP contribution in [0.4, 0.5) is 5.69 Å². The molecule has 4 aromatic rings. The number of nitrogens with one attached hydrogen (secondary N) is 1. The van der Waals surface area contributed by atoms with E-state index in [1.54, 1.807) is 19.1 Å². The number of fused-ring (bicyclic) bond motifs is 3. The summed E-state index contributed by atoms with van der Waals surface area (Å²) in [5.74, 6) is 0. The largest absolute Gasteiger partial charge is 0.422 e. The molecule has 0 aliphatic heterocycles. The Balaban J connectivity index is 1.80. The SMILES string of the molecule is C/C(=N\Nc1cccc(Cl)c1)c1cc2c(ccc3ccccc32)oc1=O. The lowest BCUT2D eigenvalue weighted by Gasteiger charge is -2.06. The van der Waals surface area contributed by atoms with E-state index in [9.17, 15) is 4.79 Å². The van der Waals surface area contributed by atoms with Crippen molar-refractivity contribution in [3.8, 4) is 0 Å². The van der Waals surface area contributed by atoms with Crippen molar-refractivity contribution in [2.75, 3.05) is 5.43 Å². The number of anilines is 1. The lowest BCUT2D eigenvalue weighted by Crippen LogP contribution is -2.13. The standard InChI is InChI=1S/C21H15ClN2O2/c1-13(23-24-16-7-4-6-15(22)11-16)18-12-19-17-8-3-2-5-14(17)9-10-20(19)26-21(18)25/h2-12,24H,1H3/b23-13+. The molecular formula is C21H15ClN2O2. The summed E-state index contributed by atoms with van der Waals surface area (Å²) in [5.41, 5.74) is 4.77. The summed E-state index contributed by atoms with van der Waals surface area (Å²) in [6.07, 6.45) is 0. The Morgan fingerprint density at radius 3 is 2.69 bits per heavy atom. The Morgan fingerprint density at radius 1 is 1.00 bits per heavy atom. The average Bonchev–Trinajstić information content (AvgIpc) is 2.65. The number of hydrogen-bond acceptors (Lipinski definition) is 4. The van der Waals surface area contributed by atoms with Crippen LogP contribution in [0.1, 0.15) is 12.5 Å². The molecule has 26 heavy (non-hydrogen) atoms. The zero-order chi connectivity index (χ0) is 18.1. The lowest BCUT2D eigenvalue weighted by molar-refractivity contribution is 0.559. The maximum atomic E-state index is 12.4. The van der Waals surface area contributed by atoms with Crippen molar-refractivity contribution in [1.29, 1.82) is 0 Å². The van der Waals surface area contributed by atoms with Gasteiger partial charge in [0, 0.05) is 10.4 Å². The van der Waals surface area contributed by atoms with E-state index >= 15 is 0 Å². The van der Waals surface area contributed by atoms with Crippen LogP contribution in [0.15, 0.2) is 81.0 Å². The normalized spacial score (nSPS) is 11.8. The van der Waals surface area contributed by atoms with E-state index in [0.717, 1.165) is 21.8 Å². The fourth-order valence-corrected chi connectivity index (χ4v) is 3.08. The first-order chi connectivity index (χ1) is 12.6. The highest BCUT2D eigenvalue weighted by Gasteiger charge is 2.10. The van der Waals surface area contributed by atoms with Gasteiger partial charge in [0.05, 0.1) is 17.0 Å². The first-order valence-corrected chi connectivity index (χ1v) is 8.51. The second-order valence-corrected chi connectivity index (χ2v) is 6.40. The highest BCUT2D eigenvalue weighted by Crippen LogP contribution is 2.25. The molecular weight excluding hydrogens is 348 g/mol. The minimum absolute atomic E-state index is 0.415. The molecule has 0 aliphatic rings. The van der Waals surface area contributed by atoms with Crippen molar-refractivity contribution in [3.63, 3.8) is 0 Å². The van der Waals surface area contributed by atoms with Gasteiger partial charge in [0.25, 0.3) is 0 Å². The van der Waals surface area contributed by atoms with Gasteiger partial charge < -0.3 is 4.42 Å². The van der Waals surface area contributed by atoms with Gasteiger partial charge in [-0.1, -0.05) is 48.0 Å². The number of hydrogen-bond donors (Lipinski definition) is 1. The number of halogens is 1. The summed E-state index contributed by atoms with van der Waals surface area (Å²) in [6.45, 7) is 1.76. The number of hydrazone groups is 1. The molecule has 0 saturated heterocycles. The summed E-state index contributed by atoms with van der Waals surface area (Å²) >= 11 is 5.97. The predicted molar refractivity (Wildman–Crippen MR) is 107 cm³/mol. The second kappa shape index (κ2) is 6.65. The van der Waals surface area contributed by atoms with Crippen molar-refractivity contribution >= 4 is 44.7 Å². The highest BCUT2D eigenvalue weighted by atomic mass is 35.5. The minimum Gasteiger partial charge on any atom is -0.422 e. The number of rotatable bonds is 3. The molecule has 1 aromatic heterocycles. The van der Waals surface area contributed by atoms with Gasteiger partial charge in [-0.25, -0.2) is 4.79 Å². The van der Waals surface area contributed by atoms with Gasteiger partial charge in [-0.05, 0) is 48.0 Å². The van der Waals surface area contributed by atoms with Gasteiger partial charge in [-0.15, -0.1) is 0 Å². The predicted octanol–water partition coefficient (Wildman–Crippen LogP) is 5.44. The molecule has 1 N–H and O–H groups in total. The summed E-state index contributed by atoms with van der Waals surface area (Å²) < 4.78 is 5.51. The third kappa shape index (κ3) is 3.07. The molecule has 0 saturated carbocycles. The number of nitrogens with zero attached hydrogens (tertiary/aromatic N) is 1. The molecule has 0 bridgehead atoms. The molecule has 4 rings (SSSR count). The Kier molecular flexibility index (Phi) is 4.19. The van der Waals surface area contributed by atoms with Crippen molar-refractivity contribution in [2.24, 2.45) is 5.10 Å². The maximum Gasteiger partial charge on any atom is 0.345 e. The van der Waals surface area contributed by atoms with E-state index < -0.39 is 5.63 Å². The highest BCUT2D eigenvalue weighted by molar-refractivity contribution is 6.30. The fourth-order valence-electron chi connectivity index (χ4n) is 2.89. The molecule has 4 nitrogen and oxygen atoms in total. The Labute approximate surface area is 154 Å². The first kappa shape index (κ1) is 16.4. The smallest absolute Gasteiger partial charge is 0.345 e. The van der Waals surface area contributed by atoms with Crippen LogP contribution in [0.2, 0.25) is 5.02 Å². The van der Waals surface area contributed by atoms with Crippen molar-refractivity contribution in [3.05, 3.63) is 87.7 Å². The molecule has 1 heterocycles. The Hall–Kier alpha value is -3.11. The third-order valence-corrected chi connectivity index (χ3v) is 4.44. The van der Waals surface area contributed by atoms with E-state index in [4.69, 9.17) is 16.0 Å². The molecule has 0 aliphatic carbocycles. The summed E-state index contributed by atoms with van der Waals surface area (Å²) in [4.78, 5) is 12.4. The van der Waals surface area contributed by atoms with Crippen LogP contribution in [0, 0.1) is 0 Å². The van der Waals surface area contributed by atoms with Gasteiger partial charge >= 0.3 is 5.63 Å². The fraction of sp³-hybridized carbons (Fsp3) is 0.0476. The van der Waals surface area contributed by atoms with Crippen molar-refractivity contribution in [2.45, 2.75) is 6.92 Å². The number of benzene rings is 3. The van der Waals surface area contributed by atoms with Crippen LogP contribution in [0.25, 0.3) is 21.7 Å². The molecule has 0 fully saturated rings. The van der Waals surface area contributed by atoms with Crippen LogP contribution in [-0.4, -0.2) is 5.71 Å². The van der Waals surface area contributed by atoms with Gasteiger partial charge in [-0.3, -0.25) is 5.43 Å². The molecule has 128 valence electrons. The third-order valence-electron chi connectivity index (χ3n) is 4.21. The van der Waals surface area contributed by atoms with E-state index in [1.165, 1.54) is 0 Å². The van der Waals surface area contributed by atoms with Crippen molar-refractivity contribution in [1.82, 2.24) is 0 Å². The Morgan fingerprint density at radius 2 is 1.85 bits per heavy atom. The quantitative estimate of drug-likeness (QED) is 0.228. The first-order valence-electron chi connectivity index (χ1n) is 8.14. The Bertz CT molecular complexity index is 1210. The van der Waals surface area contributed by atoms with Crippen LogP contribution >= 0.6 is 11.6 Å². The van der Waals surface area contributed by atoms with Gasteiger partial charge in [0.1, 0.15) is 5.58 Å². The van der Waals surface area contributed by atoms with Gasteiger partial charge in [0.15, 0.2) is 0 Å². The molecule has 5 heteroatoms. The summed E-state index contributed by atoms with van der Waals surface area (Å²) in [6, 6.07) is 20.8. The van der Waals surface area contributed by atoms with Crippen LogP contribution in [0.5, 0.6) is 0 Å². The lowest BCUT2D eigenvalue weighted by atomic mass is 10.0. The van der Waals surface area contributed by atoms with Gasteiger partial charge in [0.2, 0.25) is 0 Å². The van der Waals surface area contributed by atoms with Crippen LogP contribution < -0.4 is 11.1 Å². The topological polar surface area (TPSA) is 54.6 Å². The average molecular weight is 363 g/mol. The van der Waals surface area contributed by atoms with Crippen molar-refractivity contribution < 1.29 is 4.42 Å². The summed E-state index contributed by atoms with van der Waals surface area (Å²) in [5, 5.41) is 7.92. The van der Waals surface area contributed by atoms with E-state index in [-0.39, 0.29) is 0 Å². The molecule has 0 unspecified atom stereocenters. The molecule has 0 atom stereocenters. The monoisotopic (exact) mass is 362 g/mol. The molecule has 0 radical (unpaired) electrons. The zero-order valence-electron chi connectivity index (χ0n) is 14.0. The summed E-state index contributed by atoms with van der Waals surface area (Å²) in [7, 11) is 0. The maximum absolute atomic E-state index is 12.4. The second-order valence-electron chi connectivity index (χ2n) is 5.97. The van der Waals surface area contributed by atoms with Crippen LogP contribution in [0.3, 0.4) is 0 Å². The molecule has 0 spiro atoms. The van der Waals surface area contributed by atoms with E-state index in [1.807, 2.05) is 54.6 Å². The van der Waals surface area contributed by atoms with Gasteiger partial charge in [-0.2, -0.15) is 5.10 Å². The van der Waals surface area contributed by atoms with Crippen LogP contribution in [-0.2, 0) is 0 Å². The molecule has 3 aromatic carbocycles. The van der Waals surface area contributed by atoms with E-state index in [0.29, 0.717) is 21.9 Å². The molecule has 0 amide bonds. The van der Waals surface area contributed by atoms with E-state index in [2.05, 4.69) is 10.5 Å². The minimum atomic E-state index is -0.415.